The van der Waals surface area contributed by atoms with Crippen molar-refractivity contribution in [3.63, 3.8) is 0 Å². The maximum Gasteiger partial charge on any atom is 0.226 e. The van der Waals surface area contributed by atoms with Crippen molar-refractivity contribution >= 4 is 50.7 Å². The van der Waals surface area contributed by atoms with Gasteiger partial charge in [0.2, 0.25) is 5.91 Å². The molecule has 1 saturated carbocycles. The molecule has 0 heterocycles. The van der Waals surface area contributed by atoms with Gasteiger partial charge in [-0.15, -0.1) is 0 Å². The summed E-state index contributed by atoms with van der Waals surface area (Å²) in [6.45, 7) is 0. The lowest BCUT2D eigenvalue weighted by Crippen LogP contribution is -2.29. The van der Waals surface area contributed by atoms with Crippen LogP contribution in [0.1, 0.15) is 19.3 Å². The highest BCUT2D eigenvalue weighted by molar-refractivity contribution is 9.10. The van der Waals surface area contributed by atoms with Gasteiger partial charge in [-0.1, -0.05) is 39.1 Å². The van der Waals surface area contributed by atoms with Crippen LogP contribution in [0.5, 0.6) is 0 Å². The van der Waals surface area contributed by atoms with E-state index >= 15 is 0 Å². The van der Waals surface area contributed by atoms with Crippen molar-refractivity contribution < 1.29 is 4.79 Å². The van der Waals surface area contributed by atoms with Crippen LogP contribution >= 0.6 is 39.1 Å². The number of carbonyl (C=O) groups excluding carboxylic acids is 1. The van der Waals surface area contributed by atoms with Crippen LogP contribution in [-0.2, 0) is 4.79 Å². The molecule has 0 aromatic heterocycles. The highest BCUT2D eigenvalue weighted by Gasteiger charge is 2.30. The van der Waals surface area contributed by atoms with Crippen LogP contribution in [0.3, 0.4) is 0 Å². The van der Waals surface area contributed by atoms with Crippen LogP contribution in [0.2, 0.25) is 10.0 Å². The molecule has 1 aromatic carbocycles. The normalized spacial score (nSPS) is 16.4. The van der Waals surface area contributed by atoms with Gasteiger partial charge >= 0.3 is 0 Å². The van der Waals surface area contributed by atoms with Gasteiger partial charge in [0.05, 0.1) is 15.7 Å². The number of carbonyl (C=O) groups is 1. The van der Waals surface area contributed by atoms with E-state index in [4.69, 9.17) is 28.9 Å². The molecule has 2 rings (SSSR count). The Morgan fingerprint density at radius 2 is 2.00 bits per heavy atom. The number of rotatable bonds is 4. The molecule has 1 atom stereocenters. The molecule has 0 spiro atoms. The molecule has 1 unspecified atom stereocenters. The summed E-state index contributed by atoms with van der Waals surface area (Å²) in [5.41, 5.74) is 6.34. The largest absolute Gasteiger partial charge is 0.327 e. The van der Waals surface area contributed by atoms with Gasteiger partial charge in [0, 0.05) is 16.9 Å². The molecular weight excluding hydrogens is 339 g/mol. The molecule has 1 aliphatic rings. The Kier molecular flexibility index (Phi) is 4.54. The SMILES string of the molecule is NC(CC(=O)Nc1c(Cl)cc(Br)cc1Cl)C1CC1. The lowest BCUT2D eigenvalue weighted by atomic mass is 10.1. The maximum absolute atomic E-state index is 11.8. The standard InChI is InChI=1S/C12H13BrCl2N2O/c13-7-3-8(14)12(9(15)4-7)17-11(18)5-10(16)6-1-2-6/h3-4,6,10H,1-2,5,16H2,(H,17,18). The molecule has 3 nitrogen and oxygen atoms in total. The van der Waals surface area contributed by atoms with Crippen molar-refractivity contribution in [2.45, 2.75) is 25.3 Å². The minimum atomic E-state index is -0.152. The second kappa shape index (κ2) is 5.78. The first-order valence-corrected chi connectivity index (χ1v) is 7.22. The van der Waals surface area contributed by atoms with E-state index in [2.05, 4.69) is 21.2 Å². The van der Waals surface area contributed by atoms with Gasteiger partial charge in [0.25, 0.3) is 0 Å². The first-order chi connectivity index (χ1) is 8.47. The van der Waals surface area contributed by atoms with Crippen molar-refractivity contribution in [2.75, 3.05) is 5.32 Å². The fraction of sp³-hybridized carbons (Fsp3) is 0.417. The van der Waals surface area contributed by atoms with Crippen LogP contribution < -0.4 is 11.1 Å². The van der Waals surface area contributed by atoms with Gasteiger partial charge in [-0.05, 0) is 30.9 Å². The molecule has 0 aliphatic heterocycles. The van der Waals surface area contributed by atoms with E-state index in [0.717, 1.165) is 17.3 Å². The Bertz CT molecular complexity index is 454. The first kappa shape index (κ1) is 14.1. The minimum absolute atomic E-state index is 0.0713. The number of nitrogens with two attached hydrogens (primary N) is 1. The van der Waals surface area contributed by atoms with Gasteiger partial charge in [-0.25, -0.2) is 0 Å². The summed E-state index contributed by atoms with van der Waals surface area (Å²) < 4.78 is 0.769. The molecule has 1 aliphatic carbocycles. The van der Waals surface area contributed by atoms with Crippen molar-refractivity contribution in [3.05, 3.63) is 26.7 Å². The second-order valence-electron chi connectivity index (χ2n) is 4.50. The van der Waals surface area contributed by atoms with E-state index in [1.165, 1.54) is 0 Å². The average molecular weight is 352 g/mol. The van der Waals surface area contributed by atoms with E-state index in [0.29, 0.717) is 28.1 Å². The molecule has 98 valence electrons. The number of hydrogen-bond acceptors (Lipinski definition) is 2. The van der Waals surface area contributed by atoms with E-state index in [9.17, 15) is 4.79 Å². The van der Waals surface area contributed by atoms with Crippen LogP contribution in [0.15, 0.2) is 16.6 Å². The lowest BCUT2D eigenvalue weighted by Gasteiger charge is -2.13. The molecule has 3 N–H and O–H groups in total. The third-order valence-corrected chi connectivity index (χ3v) is 3.97. The molecule has 1 fully saturated rings. The summed E-state index contributed by atoms with van der Waals surface area (Å²) in [5, 5.41) is 3.53. The van der Waals surface area contributed by atoms with Crippen molar-refractivity contribution in [3.8, 4) is 0 Å². The fourth-order valence-electron chi connectivity index (χ4n) is 1.76. The first-order valence-electron chi connectivity index (χ1n) is 5.67. The van der Waals surface area contributed by atoms with Gasteiger partial charge in [-0.2, -0.15) is 0 Å². The van der Waals surface area contributed by atoms with Gasteiger partial charge in [0.1, 0.15) is 0 Å². The lowest BCUT2D eigenvalue weighted by molar-refractivity contribution is -0.116. The summed E-state index contributed by atoms with van der Waals surface area (Å²) in [5.74, 6) is 0.340. The molecule has 0 bridgehead atoms. The molecule has 18 heavy (non-hydrogen) atoms. The van der Waals surface area contributed by atoms with Gasteiger partial charge < -0.3 is 11.1 Å². The van der Waals surface area contributed by atoms with Crippen molar-refractivity contribution in [2.24, 2.45) is 11.7 Å². The molecule has 6 heteroatoms. The number of nitrogens with one attached hydrogen (secondary N) is 1. The Balaban J connectivity index is 2.02. The third kappa shape index (κ3) is 3.60. The zero-order chi connectivity index (χ0) is 13.3. The quantitative estimate of drug-likeness (QED) is 0.866. The predicted octanol–water partition coefficient (Wildman–Crippen LogP) is 3.82. The smallest absolute Gasteiger partial charge is 0.226 e. The summed E-state index contributed by atoms with van der Waals surface area (Å²) in [7, 11) is 0. The van der Waals surface area contributed by atoms with Crippen molar-refractivity contribution in [1.82, 2.24) is 0 Å². The van der Waals surface area contributed by atoms with Crippen LogP contribution in [-0.4, -0.2) is 11.9 Å². The topological polar surface area (TPSA) is 55.1 Å². The number of amides is 1. The average Bonchev–Trinajstić information content (AvgIpc) is 3.06. The number of benzene rings is 1. The third-order valence-electron chi connectivity index (χ3n) is 2.92. The molecule has 1 amide bonds. The monoisotopic (exact) mass is 350 g/mol. The zero-order valence-electron chi connectivity index (χ0n) is 9.55. The zero-order valence-corrected chi connectivity index (χ0v) is 12.6. The van der Waals surface area contributed by atoms with Gasteiger partial charge in [-0.3, -0.25) is 4.79 Å². The highest BCUT2D eigenvalue weighted by atomic mass is 79.9. The van der Waals surface area contributed by atoms with E-state index < -0.39 is 0 Å². The highest BCUT2D eigenvalue weighted by Crippen LogP contribution is 2.35. The number of halogens is 3. The number of hydrogen-bond donors (Lipinski definition) is 2. The van der Waals surface area contributed by atoms with E-state index in [1.54, 1.807) is 12.1 Å². The minimum Gasteiger partial charge on any atom is -0.327 e. The van der Waals surface area contributed by atoms with Gasteiger partial charge in [0.15, 0.2) is 0 Å². The maximum atomic E-state index is 11.8. The van der Waals surface area contributed by atoms with Crippen molar-refractivity contribution in [1.29, 1.82) is 0 Å². The molecule has 0 saturated heterocycles. The Labute approximate surface area is 124 Å². The van der Waals surface area contributed by atoms with E-state index in [-0.39, 0.29) is 11.9 Å². The molecule has 1 aromatic rings. The van der Waals surface area contributed by atoms with E-state index in [1.807, 2.05) is 0 Å². The van der Waals surface area contributed by atoms with Crippen LogP contribution in [0.4, 0.5) is 5.69 Å². The molecular formula is C12H13BrCl2N2O. The number of anilines is 1. The summed E-state index contributed by atoms with van der Waals surface area (Å²) in [6.07, 6.45) is 2.54. The fourth-order valence-corrected chi connectivity index (χ4v) is 3.06. The predicted molar refractivity (Wildman–Crippen MR) is 78.1 cm³/mol. The molecule has 0 radical (unpaired) electrons. The second-order valence-corrected chi connectivity index (χ2v) is 6.23. The summed E-state index contributed by atoms with van der Waals surface area (Å²) in [4.78, 5) is 11.8. The Morgan fingerprint density at radius 3 is 2.50 bits per heavy atom. The Morgan fingerprint density at radius 1 is 1.44 bits per heavy atom. The van der Waals surface area contributed by atoms with Crippen LogP contribution in [0.25, 0.3) is 0 Å². The summed E-state index contributed by atoms with van der Waals surface area (Å²) >= 11 is 15.3. The Hall–Kier alpha value is -0.290. The summed E-state index contributed by atoms with van der Waals surface area (Å²) in [6, 6.07) is 3.30. The van der Waals surface area contributed by atoms with Crippen LogP contribution in [0, 0.1) is 5.92 Å².